The first-order valence-electron chi connectivity index (χ1n) is 15.4. The summed E-state index contributed by atoms with van der Waals surface area (Å²) in [5.41, 5.74) is 1.52. The van der Waals surface area contributed by atoms with E-state index in [1.165, 1.54) is 0 Å². The second-order valence-electron chi connectivity index (χ2n) is 14.4. The third-order valence-corrected chi connectivity index (χ3v) is 9.41. The number of aliphatic imine (C=N–C) groups is 1. The molecule has 1 fully saturated rings. The molecule has 2 aromatic rings. The molecule has 1 atom stereocenters. The number of aliphatic hydroxyl groups is 1. The number of esters is 1. The van der Waals surface area contributed by atoms with Crippen LogP contribution >= 0.6 is 23.2 Å². The molecule has 43 heavy (non-hydrogen) atoms. The summed E-state index contributed by atoms with van der Waals surface area (Å²) in [6.07, 6.45) is 4.47. The van der Waals surface area contributed by atoms with Crippen LogP contribution in [0.25, 0.3) is 0 Å². The third-order valence-electron chi connectivity index (χ3n) is 8.98. The molecule has 2 aliphatic rings. The third kappa shape index (κ3) is 7.64. The van der Waals surface area contributed by atoms with E-state index in [0.717, 1.165) is 31.2 Å². The van der Waals surface area contributed by atoms with Crippen LogP contribution in [0.3, 0.4) is 0 Å². The zero-order chi connectivity index (χ0) is 31.7. The maximum Gasteiger partial charge on any atom is 0.338 e. The second-order valence-corrected chi connectivity index (χ2v) is 15.3. The maximum absolute atomic E-state index is 14.6. The van der Waals surface area contributed by atoms with E-state index in [-0.39, 0.29) is 41.5 Å². The van der Waals surface area contributed by atoms with Gasteiger partial charge in [-0.15, -0.1) is 0 Å². The standard InChI is InChI=1S/C35H46Cl2N2O4/c1-22(2)43-32(42)24-10-8-23(9-11-24)29(14-15-33(3,4)5)39-31(41)30(25-18-27(36)20-28(37)19-25)38-35(39)16-12-26(13-17-35)34(6,7)21-40/h8-11,18-20,22,26,29,40H,12-17,21H2,1-7H3/t26?,29-,35?/m1/s1. The molecule has 0 radical (unpaired) electrons. The van der Waals surface area contributed by atoms with Crippen molar-refractivity contribution in [2.24, 2.45) is 21.7 Å². The number of nitrogens with zero attached hydrogens (tertiary/aromatic N) is 2. The van der Waals surface area contributed by atoms with Crippen LogP contribution in [0.15, 0.2) is 47.5 Å². The molecule has 0 unspecified atom stereocenters. The zero-order valence-corrected chi connectivity index (χ0v) is 28.1. The lowest BCUT2D eigenvalue weighted by Gasteiger charge is -2.48. The quantitative estimate of drug-likeness (QED) is 0.282. The minimum absolute atomic E-state index is 0.0438. The molecular formula is C35H46Cl2N2O4. The van der Waals surface area contributed by atoms with Gasteiger partial charge in [0.15, 0.2) is 0 Å². The normalized spacial score (nSPS) is 21.8. The van der Waals surface area contributed by atoms with Crippen molar-refractivity contribution < 1.29 is 19.4 Å². The topological polar surface area (TPSA) is 79.2 Å². The van der Waals surface area contributed by atoms with Gasteiger partial charge in [0.1, 0.15) is 11.4 Å². The molecular weight excluding hydrogens is 583 g/mol. The number of hydrogen-bond acceptors (Lipinski definition) is 5. The highest BCUT2D eigenvalue weighted by atomic mass is 35.5. The average molecular weight is 630 g/mol. The summed E-state index contributed by atoms with van der Waals surface area (Å²) in [6, 6.07) is 12.4. The predicted octanol–water partition coefficient (Wildman–Crippen LogP) is 8.66. The summed E-state index contributed by atoms with van der Waals surface area (Å²) in [7, 11) is 0. The van der Waals surface area contributed by atoms with Crippen molar-refractivity contribution in [2.75, 3.05) is 6.61 Å². The van der Waals surface area contributed by atoms with Crippen LogP contribution < -0.4 is 0 Å². The highest BCUT2D eigenvalue weighted by Crippen LogP contribution is 2.50. The smallest absolute Gasteiger partial charge is 0.338 e. The number of rotatable bonds is 9. The van der Waals surface area contributed by atoms with Gasteiger partial charge >= 0.3 is 5.97 Å². The van der Waals surface area contributed by atoms with E-state index in [1.807, 2.05) is 30.9 Å². The molecule has 1 aliphatic heterocycles. The van der Waals surface area contributed by atoms with Gasteiger partial charge in [-0.1, -0.05) is 70.0 Å². The summed E-state index contributed by atoms with van der Waals surface area (Å²) in [5, 5.41) is 11.0. The second kappa shape index (κ2) is 12.9. The average Bonchev–Trinajstić information content (AvgIpc) is 3.19. The molecule has 1 spiro atoms. The van der Waals surface area contributed by atoms with E-state index in [4.69, 9.17) is 32.9 Å². The lowest BCUT2D eigenvalue weighted by molar-refractivity contribution is -0.134. The lowest BCUT2D eigenvalue weighted by atomic mass is 9.68. The predicted molar refractivity (Wildman–Crippen MR) is 174 cm³/mol. The Labute approximate surface area is 266 Å². The van der Waals surface area contributed by atoms with Gasteiger partial charge in [0.05, 0.1) is 17.7 Å². The molecule has 0 bridgehead atoms. The molecule has 234 valence electrons. The Morgan fingerprint density at radius 2 is 1.63 bits per heavy atom. The Hall–Kier alpha value is -2.41. The van der Waals surface area contributed by atoms with Crippen molar-refractivity contribution in [3.05, 3.63) is 69.2 Å². The number of benzene rings is 2. The van der Waals surface area contributed by atoms with Crippen molar-refractivity contribution >= 4 is 40.8 Å². The van der Waals surface area contributed by atoms with Gasteiger partial charge in [-0.25, -0.2) is 4.79 Å². The number of amides is 1. The van der Waals surface area contributed by atoms with Gasteiger partial charge < -0.3 is 14.7 Å². The van der Waals surface area contributed by atoms with E-state index in [9.17, 15) is 14.7 Å². The Balaban J connectivity index is 1.79. The SMILES string of the molecule is CC(C)OC(=O)c1ccc([C@@H](CCC(C)(C)C)N2C(=O)C(c3cc(Cl)cc(Cl)c3)=NC23CCC(C(C)(C)CO)CC3)cc1. The largest absolute Gasteiger partial charge is 0.459 e. The highest BCUT2D eigenvalue weighted by Gasteiger charge is 2.53. The summed E-state index contributed by atoms with van der Waals surface area (Å²) < 4.78 is 5.40. The fourth-order valence-electron chi connectivity index (χ4n) is 6.40. The Bertz CT molecular complexity index is 1330. The highest BCUT2D eigenvalue weighted by molar-refractivity contribution is 6.47. The molecule has 1 aliphatic carbocycles. The van der Waals surface area contributed by atoms with Gasteiger partial charge in [-0.05, 0) is 105 Å². The van der Waals surface area contributed by atoms with Gasteiger partial charge in [-0.3, -0.25) is 9.79 Å². The molecule has 2 aromatic carbocycles. The first kappa shape index (κ1) is 33.5. The van der Waals surface area contributed by atoms with Crippen molar-refractivity contribution in [1.82, 2.24) is 4.90 Å². The molecule has 1 amide bonds. The molecule has 1 heterocycles. The van der Waals surface area contributed by atoms with Crippen molar-refractivity contribution in [1.29, 1.82) is 0 Å². The minimum atomic E-state index is -0.735. The monoisotopic (exact) mass is 628 g/mol. The number of halogens is 2. The molecule has 8 heteroatoms. The Kier molecular flexibility index (Phi) is 10.0. The zero-order valence-electron chi connectivity index (χ0n) is 26.5. The molecule has 0 saturated heterocycles. The Morgan fingerprint density at radius 1 is 1.05 bits per heavy atom. The van der Waals surface area contributed by atoms with Crippen LogP contribution in [0.2, 0.25) is 10.0 Å². The van der Waals surface area contributed by atoms with Gasteiger partial charge in [0, 0.05) is 22.2 Å². The van der Waals surface area contributed by atoms with Crippen LogP contribution in [-0.4, -0.2) is 46.0 Å². The van der Waals surface area contributed by atoms with Crippen LogP contribution in [0, 0.1) is 16.7 Å². The first-order valence-corrected chi connectivity index (χ1v) is 16.1. The maximum atomic E-state index is 14.6. The van der Waals surface area contributed by atoms with E-state index >= 15 is 0 Å². The van der Waals surface area contributed by atoms with Gasteiger partial charge in [0.25, 0.3) is 5.91 Å². The molecule has 0 aromatic heterocycles. The van der Waals surface area contributed by atoms with Crippen molar-refractivity contribution in [2.45, 2.75) is 105 Å². The molecule has 6 nitrogen and oxygen atoms in total. The summed E-state index contributed by atoms with van der Waals surface area (Å²) >= 11 is 12.8. The summed E-state index contributed by atoms with van der Waals surface area (Å²) in [5.74, 6) is -0.186. The van der Waals surface area contributed by atoms with E-state index < -0.39 is 5.66 Å². The minimum Gasteiger partial charge on any atom is -0.459 e. The van der Waals surface area contributed by atoms with Crippen LogP contribution in [0.4, 0.5) is 0 Å². The van der Waals surface area contributed by atoms with Crippen LogP contribution in [0.5, 0.6) is 0 Å². The molecule has 1 N–H and O–H groups in total. The fraction of sp³-hybridized carbons (Fsp3) is 0.571. The molecule has 1 saturated carbocycles. The van der Waals surface area contributed by atoms with Gasteiger partial charge in [-0.2, -0.15) is 0 Å². The number of carbonyl (C=O) groups excluding carboxylic acids is 2. The summed E-state index contributed by atoms with van der Waals surface area (Å²) in [4.78, 5) is 34.4. The van der Waals surface area contributed by atoms with Crippen molar-refractivity contribution in [3.63, 3.8) is 0 Å². The van der Waals surface area contributed by atoms with E-state index in [1.54, 1.807) is 30.3 Å². The van der Waals surface area contributed by atoms with E-state index in [2.05, 4.69) is 34.6 Å². The van der Waals surface area contributed by atoms with Crippen molar-refractivity contribution in [3.8, 4) is 0 Å². The first-order chi connectivity index (χ1) is 20.0. The lowest BCUT2D eigenvalue weighted by Crippen LogP contribution is -2.52. The molecule has 4 rings (SSSR count). The Morgan fingerprint density at radius 3 is 2.14 bits per heavy atom. The summed E-state index contributed by atoms with van der Waals surface area (Å²) in [6.45, 7) is 14.6. The fourth-order valence-corrected chi connectivity index (χ4v) is 6.93. The number of aliphatic hydroxyl groups excluding tert-OH is 1. The van der Waals surface area contributed by atoms with Crippen LogP contribution in [-0.2, 0) is 9.53 Å². The number of hydrogen-bond donors (Lipinski definition) is 1. The number of ether oxygens (including phenoxy) is 1. The van der Waals surface area contributed by atoms with E-state index in [0.29, 0.717) is 45.6 Å². The van der Waals surface area contributed by atoms with Gasteiger partial charge in [0.2, 0.25) is 0 Å². The van der Waals surface area contributed by atoms with Crippen LogP contribution in [0.1, 0.15) is 115 Å². The number of carbonyl (C=O) groups is 2.